The largest absolute Gasteiger partial charge is 0.308 e. The van der Waals surface area contributed by atoms with Crippen LogP contribution in [0.3, 0.4) is 0 Å². The molecule has 1 nitrogen and oxygen atoms in total. The molecule has 0 unspecified atom stereocenters. The topological polar surface area (TPSA) is 12.0 Å². The van der Waals surface area contributed by atoms with Gasteiger partial charge in [-0.05, 0) is 31.9 Å². The highest BCUT2D eigenvalue weighted by Gasteiger charge is 2.16. The number of halogens is 2. The molecule has 1 rings (SSSR count). The zero-order chi connectivity index (χ0) is 12.2. The average Bonchev–Trinajstić information content (AvgIpc) is 2.20. The Balaban J connectivity index is 2.64. The molecule has 0 bridgehead atoms. The summed E-state index contributed by atoms with van der Waals surface area (Å²) >= 11 is 12.1. The molecule has 0 spiro atoms. The first kappa shape index (κ1) is 13.8. The van der Waals surface area contributed by atoms with Crippen molar-refractivity contribution in [2.24, 2.45) is 0 Å². The van der Waals surface area contributed by atoms with Crippen molar-refractivity contribution in [1.82, 2.24) is 5.32 Å². The molecule has 3 heteroatoms. The minimum absolute atomic E-state index is 0.139. The lowest BCUT2D eigenvalue weighted by atomic mass is 9.98. The number of rotatable bonds is 5. The van der Waals surface area contributed by atoms with Gasteiger partial charge in [0, 0.05) is 12.1 Å². The van der Waals surface area contributed by atoms with Crippen LogP contribution >= 0.6 is 23.2 Å². The van der Waals surface area contributed by atoms with Gasteiger partial charge in [-0.3, -0.25) is 0 Å². The van der Waals surface area contributed by atoms with E-state index in [0.717, 1.165) is 18.5 Å². The molecule has 0 aliphatic rings. The lowest BCUT2D eigenvalue weighted by molar-refractivity contribution is 0.357. The minimum atomic E-state index is 0.139. The summed E-state index contributed by atoms with van der Waals surface area (Å²) in [4.78, 5) is 0. The van der Waals surface area contributed by atoms with Crippen LogP contribution in [0.4, 0.5) is 0 Å². The minimum Gasteiger partial charge on any atom is -0.308 e. The lowest BCUT2D eigenvalue weighted by Crippen LogP contribution is -2.38. The van der Waals surface area contributed by atoms with E-state index < -0.39 is 0 Å². The SMILES string of the molecule is CCCC(C)(C)NCc1cccc(Cl)c1Cl. The normalized spacial score (nSPS) is 11.8. The molecule has 0 aromatic heterocycles. The molecule has 90 valence electrons. The molecule has 1 aromatic carbocycles. The third kappa shape index (κ3) is 3.97. The Morgan fingerprint density at radius 3 is 2.56 bits per heavy atom. The Labute approximate surface area is 108 Å². The first-order valence-corrected chi connectivity index (χ1v) is 6.40. The molecule has 1 N–H and O–H groups in total. The van der Waals surface area contributed by atoms with Crippen molar-refractivity contribution in [2.45, 2.75) is 45.7 Å². The van der Waals surface area contributed by atoms with Crippen LogP contribution in [0.2, 0.25) is 10.0 Å². The van der Waals surface area contributed by atoms with E-state index in [2.05, 4.69) is 26.1 Å². The third-order valence-corrected chi connectivity index (χ3v) is 3.52. The monoisotopic (exact) mass is 259 g/mol. The molecule has 0 aliphatic carbocycles. The quantitative estimate of drug-likeness (QED) is 0.811. The fraction of sp³-hybridized carbons (Fsp3) is 0.538. The molecule has 0 heterocycles. The van der Waals surface area contributed by atoms with Crippen LogP contribution < -0.4 is 5.32 Å². The van der Waals surface area contributed by atoms with Gasteiger partial charge in [0.15, 0.2) is 0 Å². The van der Waals surface area contributed by atoms with Gasteiger partial charge in [-0.15, -0.1) is 0 Å². The Hall–Kier alpha value is -0.240. The van der Waals surface area contributed by atoms with Crippen molar-refractivity contribution in [2.75, 3.05) is 0 Å². The summed E-state index contributed by atoms with van der Waals surface area (Å²) in [6, 6.07) is 5.74. The van der Waals surface area contributed by atoms with Gasteiger partial charge in [0.1, 0.15) is 0 Å². The summed E-state index contributed by atoms with van der Waals surface area (Å²) in [6.07, 6.45) is 2.31. The second kappa shape index (κ2) is 5.90. The van der Waals surface area contributed by atoms with Crippen molar-refractivity contribution in [1.29, 1.82) is 0 Å². The first-order chi connectivity index (χ1) is 7.46. The Kier molecular flexibility index (Phi) is 5.10. The Morgan fingerprint density at radius 1 is 1.25 bits per heavy atom. The third-order valence-electron chi connectivity index (χ3n) is 2.66. The standard InChI is InChI=1S/C13H19Cl2N/c1-4-8-13(2,3)16-9-10-6-5-7-11(14)12(10)15/h5-7,16H,4,8-9H2,1-3H3. The van der Waals surface area contributed by atoms with Crippen LogP contribution in [-0.4, -0.2) is 5.54 Å². The Morgan fingerprint density at radius 2 is 1.94 bits per heavy atom. The smallest absolute Gasteiger partial charge is 0.0637 e. The number of hydrogen-bond acceptors (Lipinski definition) is 1. The van der Waals surface area contributed by atoms with E-state index in [0.29, 0.717) is 10.0 Å². The maximum absolute atomic E-state index is 6.13. The first-order valence-electron chi connectivity index (χ1n) is 5.64. The van der Waals surface area contributed by atoms with E-state index in [1.807, 2.05) is 18.2 Å². The lowest BCUT2D eigenvalue weighted by Gasteiger charge is -2.26. The molecule has 0 saturated carbocycles. The molecule has 0 radical (unpaired) electrons. The average molecular weight is 260 g/mol. The molecule has 0 saturated heterocycles. The van der Waals surface area contributed by atoms with Gasteiger partial charge in [0.2, 0.25) is 0 Å². The predicted molar refractivity (Wildman–Crippen MR) is 72.3 cm³/mol. The van der Waals surface area contributed by atoms with Gasteiger partial charge in [-0.25, -0.2) is 0 Å². The van der Waals surface area contributed by atoms with Crippen molar-refractivity contribution >= 4 is 23.2 Å². The molecule has 16 heavy (non-hydrogen) atoms. The van der Waals surface area contributed by atoms with Gasteiger partial charge in [-0.1, -0.05) is 48.7 Å². The molecule has 0 atom stereocenters. The molecule has 1 aromatic rings. The Bertz CT molecular complexity index is 348. The highest BCUT2D eigenvalue weighted by atomic mass is 35.5. The van der Waals surface area contributed by atoms with E-state index in [1.165, 1.54) is 6.42 Å². The van der Waals surface area contributed by atoms with Crippen LogP contribution in [0.5, 0.6) is 0 Å². The van der Waals surface area contributed by atoms with Crippen LogP contribution in [0, 0.1) is 0 Å². The summed E-state index contributed by atoms with van der Waals surface area (Å²) < 4.78 is 0. The molecular formula is C13H19Cl2N. The summed E-state index contributed by atoms with van der Waals surface area (Å²) in [7, 11) is 0. The van der Waals surface area contributed by atoms with Gasteiger partial charge in [0.05, 0.1) is 10.0 Å². The molecular weight excluding hydrogens is 241 g/mol. The fourth-order valence-corrected chi connectivity index (χ4v) is 2.12. The van der Waals surface area contributed by atoms with E-state index in [9.17, 15) is 0 Å². The number of benzene rings is 1. The summed E-state index contributed by atoms with van der Waals surface area (Å²) in [5, 5.41) is 4.78. The zero-order valence-electron chi connectivity index (χ0n) is 10.1. The predicted octanol–water partition coefficient (Wildman–Crippen LogP) is 4.66. The number of hydrogen-bond donors (Lipinski definition) is 1. The summed E-state index contributed by atoms with van der Waals surface area (Å²) in [5.74, 6) is 0. The van der Waals surface area contributed by atoms with Crippen LogP contribution in [0.1, 0.15) is 39.2 Å². The van der Waals surface area contributed by atoms with Crippen molar-refractivity contribution in [3.05, 3.63) is 33.8 Å². The van der Waals surface area contributed by atoms with Crippen molar-refractivity contribution in [3.63, 3.8) is 0 Å². The van der Waals surface area contributed by atoms with Gasteiger partial charge in [0.25, 0.3) is 0 Å². The highest BCUT2D eigenvalue weighted by molar-refractivity contribution is 6.42. The fourth-order valence-electron chi connectivity index (χ4n) is 1.73. The van der Waals surface area contributed by atoms with Crippen LogP contribution in [0.25, 0.3) is 0 Å². The van der Waals surface area contributed by atoms with Gasteiger partial charge < -0.3 is 5.32 Å². The van der Waals surface area contributed by atoms with E-state index in [1.54, 1.807) is 0 Å². The van der Waals surface area contributed by atoms with E-state index in [-0.39, 0.29) is 5.54 Å². The van der Waals surface area contributed by atoms with Crippen LogP contribution in [0.15, 0.2) is 18.2 Å². The van der Waals surface area contributed by atoms with Crippen molar-refractivity contribution < 1.29 is 0 Å². The second-order valence-electron chi connectivity index (χ2n) is 4.70. The molecule has 0 aliphatic heterocycles. The van der Waals surface area contributed by atoms with Crippen molar-refractivity contribution in [3.8, 4) is 0 Å². The maximum atomic E-state index is 6.13. The summed E-state index contributed by atoms with van der Waals surface area (Å²) in [6.45, 7) is 7.35. The van der Waals surface area contributed by atoms with Gasteiger partial charge in [-0.2, -0.15) is 0 Å². The summed E-state index contributed by atoms with van der Waals surface area (Å²) in [5.41, 5.74) is 1.19. The van der Waals surface area contributed by atoms with Gasteiger partial charge >= 0.3 is 0 Å². The zero-order valence-corrected chi connectivity index (χ0v) is 11.6. The second-order valence-corrected chi connectivity index (χ2v) is 5.49. The van der Waals surface area contributed by atoms with E-state index in [4.69, 9.17) is 23.2 Å². The van der Waals surface area contributed by atoms with E-state index >= 15 is 0 Å². The molecule has 0 fully saturated rings. The molecule has 0 amide bonds. The number of nitrogens with one attached hydrogen (secondary N) is 1. The maximum Gasteiger partial charge on any atom is 0.0637 e. The van der Waals surface area contributed by atoms with Crippen LogP contribution in [-0.2, 0) is 6.54 Å². The highest BCUT2D eigenvalue weighted by Crippen LogP contribution is 2.26.